The molecule has 0 radical (unpaired) electrons. The molecule has 0 saturated carbocycles. The van der Waals surface area contributed by atoms with Gasteiger partial charge in [-0.3, -0.25) is 0 Å². The van der Waals surface area contributed by atoms with E-state index in [0.29, 0.717) is 55.0 Å². The quantitative estimate of drug-likeness (QED) is 0.786. The normalized spacial score (nSPS) is 16.0. The first-order chi connectivity index (χ1) is 11.8. The monoisotopic (exact) mass is 362 g/mol. The molecule has 0 spiro atoms. The Morgan fingerprint density at radius 1 is 1.16 bits per heavy atom. The lowest BCUT2D eigenvalue weighted by Crippen LogP contribution is -2.49. The van der Waals surface area contributed by atoms with Crippen molar-refractivity contribution in [3.05, 3.63) is 28.9 Å². The topological polar surface area (TPSA) is 116 Å². The standard InChI is InChI=1S/C15H18N6O3S/c1-10-8-13(9-16)18-15(17-10)20-4-6-21(7-5-20)25(22,23)14-11(2)19-24-12(14)3/h8H,4-7H2,1-3H3. The molecular formula is C15H18N6O3S. The van der Waals surface area contributed by atoms with Crippen LogP contribution in [0.5, 0.6) is 0 Å². The molecule has 0 N–H and O–H groups in total. The minimum atomic E-state index is -3.65. The summed E-state index contributed by atoms with van der Waals surface area (Å²) in [5.74, 6) is 0.742. The van der Waals surface area contributed by atoms with Crippen LogP contribution < -0.4 is 4.90 Å². The molecule has 0 atom stereocenters. The Morgan fingerprint density at radius 3 is 2.40 bits per heavy atom. The molecule has 0 aromatic carbocycles. The number of aryl methyl sites for hydroxylation is 3. The van der Waals surface area contributed by atoms with E-state index in [1.165, 1.54) is 4.31 Å². The Labute approximate surface area is 145 Å². The lowest BCUT2D eigenvalue weighted by Gasteiger charge is -2.33. The summed E-state index contributed by atoms with van der Waals surface area (Å²) in [6.45, 7) is 6.48. The van der Waals surface area contributed by atoms with Gasteiger partial charge in [0.2, 0.25) is 16.0 Å². The number of hydrogen-bond acceptors (Lipinski definition) is 8. The minimum Gasteiger partial charge on any atom is -0.360 e. The Morgan fingerprint density at radius 2 is 1.84 bits per heavy atom. The van der Waals surface area contributed by atoms with Crippen LogP contribution in [0.1, 0.15) is 22.8 Å². The van der Waals surface area contributed by atoms with Crippen LogP contribution in [0.25, 0.3) is 0 Å². The number of nitrogens with zero attached hydrogens (tertiary/aromatic N) is 6. The van der Waals surface area contributed by atoms with Gasteiger partial charge in [-0.25, -0.2) is 18.4 Å². The van der Waals surface area contributed by atoms with Gasteiger partial charge in [0, 0.05) is 31.9 Å². The molecule has 3 rings (SSSR count). The van der Waals surface area contributed by atoms with E-state index in [4.69, 9.17) is 9.78 Å². The zero-order valence-electron chi connectivity index (χ0n) is 14.2. The zero-order chi connectivity index (χ0) is 18.2. The van der Waals surface area contributed by atoms with Crippen molar-refractivity contribution < 1.29 is 12.9 Å². The van der Waals surface area contributed by atoms with Crippen molar-refractivity contribution in [3.63, 3.8) is 0 Å². The van der Waals surface area contributed by atoms with Gasteiger partial charge in [-0.2, -0.15) is 9.57 Å². The molecular weight excluding hydrogens is 344 g/mol. The van der Waals surface area contributed by atoms with Crippen LogP contribution in [0, 0.1) is 32.1 Å². The Kier molecular flexibility index (Phi) is 4.45. The molecule has 25 heavy (non-hydrogen) atoms. The smallest absolute Gasteiger partial charge is 0.248 e. The zero-order valence-corrected chi connectivity index (χ0v) is 15.0. The summed E-state index contributed by atoms with van der Waals surface area (Å²) in [5.41, 5.74) is 1.36. The molecule has 1 aliphatic heterocycles. The number of piperazine rings is 1. The molecule has 2 aromatic heterocycles. The van der Waals surface area contributed by atoms with Gasteiger partial charge >= 0.3 is 0 Å². The summed E-state index contributed by atoms with van der Waals surface area (Å²) >= 11 is 0. The highest BCUT2D eigenvalue weighted by Crippen LogP contribution is 2.24. The predicted octanol–water partition coefficient (Wildman–Crippen LogP) is 0.772. The van der Waals surface area contributed by atoms with E-state index in [0.717, 1.165) is 0 Å². The number of rotatable bonds is 3. The summed E-state index contributed by atoms with van der Waals surface area (Å²) < 4.78 is 32.0. The Hall–Kier alpha value is -2.51. The fourth-order valence-electron chi connectivity index (χ4n) is 2.85. The molecule has 0 aliphatic carbocycles. The van der Waals surface area contributed by atoms with Gasteiger partial charge in [0.1, 0.15) is 22.4 Å². The van der Waals surface area contributed by atoms with E-state index in [1.807, 2.05) is 11.0 Å². The van der Waals surface area contributed by atoms with Crippen molar-refractivity contribution in [2.45, 2.75) is 25.7 Å². The van der Waals surface area contributed by atoms with Crippen molar-refractivity contribution in [3.8, 4) is 6.07 Å². The minimum absolute atomic E-state index is 0.138. The van der Waals surface area contributed by atoms with E-state index >= 15 is 0 Å². The summed E-state index contributed by atoms with van der Waals surface area (Å²) in [6, 6.07) is 3.62. The van der Waals surface area contributed by atoms with Gasteiger partial charge in [-0.05, 0) is 26.8 Å². The maximum Gasteiger partial charge on any atom is 0.248 e. The summed E-state index contributed by atoms with van der Waals surface area (Å²) in [5, 5.41) is 12.8. The van der Waals surface area contributed by atoms with Crippen LogP contribution in [0.3, 0.4) is 0 Å². The lowest BCUT2D eigenvalue weighted by atomic mass is 10.3. The second kappa shape index (κ2) is 6.42. The second-order valence-corrected chi connectivity index (χ2v) is 7.73. The summed E-state index contributed by atoms with van der Waals surface area (Å²) in [7, 11) is -3.65. The van der Waals surface area contributed by atoms with Gasteiger partial charge in [0.25, 0.3) is 0 Å². The largest absolute Gasteiger partial charge is 0.360 e. The first-order valence-electron chi connectivity index (χ1n) is 7.76. The Balaban J connectivity index is 1.78. The van der Waals surface area contributed by atoms with Gasteiger partial charge in [0.15, 0.2) is 5.76 Å². The highest BCUT2D eigenvalue weighted by atomic mass is 32.2. The molecule has 1 saturated heterocycles. The molecule has 132 valence electrons. The van der Waals surface area contributed by atoms with Crippen molar-refractivity contribution in [2.75, 3.05) is 31.1 Å². The number of nitriles is 1. The van der Waals surface area contributed by atoms with Gasteiger partial charge in [-0.15, -0.1) is 0 Å². The van der Waals surface area contributed by atoms with E-state index in [1.54, 1.807) is 26.8 Å². The van der Waals surface area contributed by atoms with Crippen molar-refractivity contribution in [1.29, 1.82) is 5.26 Å². The molecule has 1 aliphatic rings. The number of sulfonamides is 1. The molecule has 2 aromatic rings. The van der Waals surface area contributed by atoms with Gasteiger partial charge in [0.05, 0.1) is 0 Å². The van der Waals surface area contributed by atoms with Crippen LogP contribution in [0.4, 0.5) is 5.95 Å². The molecule has 0 bridgehead atoms. The third-order valence-corrected chi connectivity index (χ3v) is 6.19. The number of anilines is 1. The van der Waals surface area contributed by atoms with E-state index in [2.05, 4.69) is 15.1 Å². The first-order valence-corrected chi connectivity index (χ1v) is 9.20. The fourth-order valence-corrected chi connectivity index (χ4v) is 4.57. The van der Waals surface area contributed by atoms with Crippen LogP contribution in [0.2, 0.25) is 0 Å². The highest BCUT2D eigenvalue weighted by Gasteiger charge is 2.33. The SMILES string of the molecule is Cc1cc(C#N)nc(N2CCN(S(=O)(=O)c3c(C)noc3C)CC2)n1. The third-order valence-electron chi connectivity index (χ3n) is 4.04. The van der Waals surface area contributed by atoms with Crippen LogP contribution in [0.15, 0.2) is 15.5 Å². The predicted molar refractivity (Wildman–Crippen MR) is 88.4 cm³/mol. The average Bonchev–Trinajstić information content (AvgIpc) is 2.93. The maximum atomic E-state index is 12.8. The summed E-state index contributed by atoms with van der Waals surface area (Å²) in [6.07, 6.45) is 0. The molecule has 1 fully saturated rings. The Bertz CT molecular complexity index is 919. The summed E-state index contributed by atoms with van der Waals surface area (Å²) in [4.78, 5) is 10.6. The highest BCUT2D eigenvalue weighted by molar-refractivity contribution is 7.89. The molecule has 3 heterocycles. The van der Waals surface area contributed by atoms with Crippen molar-refractivity contribution in [2.24, 2.45) is 0 Å². The van der Waals surface area contributed by atoms with E-state index in [9.17, 15) is 8.42 Å². The van der Waals surface area contributed by atoms with Crippen molar-refractivity contribution in [1.82, 2.24) is 19.4 Å². The fraction of sp³-hybridized carbons (Fsp3) is 0.467. The third kappa shape index (κ3) is 3.20. The average molecular weight is 362 g/mol. The first kappa shape index (κ1) is 17.3. The molecule has 0 unspecified atom stereocenters. The number of hydrogen-bond donors (Lipinski definition) is 0. The van der Waals surface area contributed by atoms with Crippen LogP contribution >= 0.6 is 0 Å². The van der Waals surface area contributed by atoms with Gasteiger partial charge in [-0.1, -0.05) is 5.16 Å². The van der Waals surface area contributed by atoms with Gasteiger partial charge < -0.3 is 9.42 Å². The lowest BCUT2D eigenvalue weighted by molar-refractivity contribution is 0.377. The van der Waals surface area contributed by atoms with Crippen LogP contribution in [-0.4, -0.2) is 54.0 Å². The maximum absolute atomic E-state index is 12.8. The second-order valence-electron chi connectivity index (χ2n) is 5.85. The van der Waals surface area contributed by atoms with E-state index < -0.39 is 10.0 Å². The molecule has 0 amide bonds. The van der Waals surface area contributed by atoms with E-state index in [-0.39, 0.29) is 4.90 Å². The van der Waals surface area contributed by atoms with Crippen LogP contribution in [-0.2, 0) is 10.0 Å². The molecule has 9 nitrogen and oxygen atoms in total. The number of aromatic nitrogens is 3. The molecule has 10 heteroatoms. The van der Waals surface area contributed by atoms with Crippen molar-refractivity contribution >= 4 is 16.0 Å².